The molecule has 0 bridgehead atoms. The summed E-state index contributed by atoms with van der Waals surface area (Å²) in [6.07, 6.45) is -0.0927. The number of carbonyl (C=O) groups excluding carboxylic acids is 2. The van der Waals surface area contributed by atoms with Gasteiger partial charge in [-0.15, -0.1) is 0 Å². The molecule has 3 unspecified atom stereocenters. The highest BCUT2D eigenvalue weighted by atomic mass is 16.8. The van der Waals surface area contributed by atoms with Crippen LogP contribution in [0.2, 0.25) is 0 Å². The molecule has 7 nitrogen and oxygen atoms in total. The van der Waals surface area contributed by atoms with E-state index in [9.17, 15) is 9.59 Å². The molecule has 3 saturated heterocycles. The normalized spacial score (nSPS) is 40.9. The predicted molar refractivity (Wildman–Crippen MR) is 70.3 cm³/mol. The summed E-state index contributed by atoms with van der Waals surface area (Å²) in [5.41, 5.74) is 0. The van der Waals surface area contributed by atoms with Crippen LogP contribution in [0.25, 0.3) is 0 Å². The molecule has 0 aromatic rings. The van der Waals surface area contributed by atoms with Gasteiger partial charge in [-0.25, -0.2) is 0 Å². The third kappa shape index (κ3) is 2.90. The van der Waals surface area contributed by atoms with Crippen LogP contribution in [0.4, 0.5) is 0 Å². The predicted octanol–water partition coefficient (Wildman–Crippen LogP) is 0.116. The largest absolute Gasteiger partial charge is 0.463 e. The summed E-state index contributed by atoms with van der Waals surface area (Å²) < 4.78 is 22.9. The summed E-state index contributed by atoms with van der Waals surface area (Å²) in [5, 5.41) is 2.94. The van der Waals surface area contributed by atoms with E-state index in [1.165, 1.54) is 6.92 Å². The lowest BCUT2D eigenvalue weighted by molar-refractivity contribution is -0.184. The topological polar surface area (TPSA) is 83.1 Å². The van der Waals surface area contributed by atoms with E-state index in [1.54, 1.807) is 0 Å². The molecule has 0 aromatic carbocycles. The zero-order chi connectivity index (χ0) is 15.2. The summed E-state index contributed by atoms with van der Waals surface area (Å²) in [5.74, 6) is -1.10. The monoisotopic (exact) mass is 299 g/mol. The number of ether oxygens (including phenoxy) is 4. The van der Waals surface area contributed by atoms with Crippen molar-refractivity contribution in [3.8, 4) is 0 Å². The minimum absolute atomic E-state index is 0.00495. The fraction of sp³-hybridized carbons (Fsp3) is 0.857. The minimum atomic E-state index is -0.746. The number of piperidine rings is 1. The Morgan fingerprint density at radius 1 is 1.38 bits per heavy atom. The van der Waals surface area contributed by atoms with Crippen LogP contribution in [0.1, 0.15) is 33.6 Å². The Balaban J connectivity index is 1.79. The van der Waals surface area contributed by atoms with E-state index in [-0.39, 0.29) is 48.9 Å². The lowest BCUT2D eigenvalue weighted by Gasteiger charge is -2.44. The summed E-state index contributed by atoms with van der Waals surface area (Å²) in [6.45, 7) is 5.15. The van der Waals surface area contributed by atoms with Crippen molar-refractivity contribution in [3.05, 3.63) is 0 Å². The number of carbonyl (C=O) groups is 2. The molecule has 3 rings (SSSR count). The van der Waals surface area contributed by atoms with Crippen LogP contribution >= 0.6 is 0 Å². The quantitative estimate of drug-likeness (QED) is 0.729. The first-order chi connectivity index (χ1) is 9.85. The SMILES string of the molecule is CC(=O)OCC1O[C@H]2CCC(=O)N[C@H]2C2OC(C)(C)OC12. The fourth-order valence-corrected chi connectivity index (χ4v) is 3.27. The maximum atomic E-state index is 11.6. The maximum Gasteiger partial charge on any atom is 0.302 e. The van der Waals surface area contributed by atoms with E-state index < -0.39 is 5.79 Å². The summed E-state index contributed by atoms with van der Waals surface area (Å²) >= 11 is 0. The molecule has 0 aromatic heterocycles. The van der Waals surface area contributed by atoms with E-state index in [0.717, 1.165) is 0 Å². The van der Waals surface area contributed by atoms with Gasteiger partial charge in [0, 0.05) is 13.3 Å². The molecule has 21 heavy (non-hydrogen) atoms. The summed E-state index contributed by atoms with van der Waals surface area (Å²) in [6, 6.07) is -0.216. The molecule has 5 atom stereocenters. The number of nitrogens with one attached hydrogen (secondary N) is 1. The standard InChI is InChI=1S/C14H21NO6/c1-7(16)18-6-9-12-13(21-14(2,3)20-12)11-8(19-9)4-5-10(17)15-11/h8-9,11-13H,4-6H2,1-3H3,(H,15,17)/t8-,9?,11+,12?,13?/m0/s1. The van der Waals surface area contributed by atoms with Crippen molar-refractivity contribution < 1.29 is 28.5 Å². The number of hydrogen-bond donors (Lipinski definition) is 1. The van der Waals surface area contributed by atoms with Gasteiger partial charge in [-0.05, 0) is 20.3 Å². The maximum absolute atomic E-state index is 11.6. The molecule has 3 heterocycles. The second kappa shape index (κ2) is 5.23. The van der Waals surface area contributed by atoms with Gasteiger partial charge in [-0.3, -0.25) is 9.59 Å². The second-order valence-electron chi connectivity index (χ2n) is 6.21. The van der Waals surface area contributed by atoms with Crippen molar-refractivity contribution in [2.45, 2.75) is 69.9 Å². The van der Waals surface area contributed by atoms with Gasteiger partial charge in [0.25, 0.3) is 0 Å². The van der Waals surface area contributed by atoms with Crippen molar-refractivity contribution in [1.82, 2.24) is 5.32 Å². The first-order valence-electron chi connectivity index (χ1n) is 7.29. The molecule has 3 aliphatic rings. The molecule has 3 aliphatic heterocycles. The molecular formula is C14H21NO6. The van der Waals surface area contributed by atoms with Gasteiger partial charge in [0.2, 0.25) is 5.91 Å². The Morgan fingerprint density at radius 2 is 2.10 bits per heavy atom. The summed E-state index contributed by atoms with van der Waals surface area (Å²) in [4.78, 5) is 22.7. The lowest BCUT2D eigenvalue weighted by Crippen LogP contribution is -2.65. The fourth-order valence-electron chi connectivity index (χ4n) is 3.27. The number of hydrogen-bond acceptors (Lipinski definition) is 6. The molecule has 1 N–H and O–H groups in total. The Morgan fingerprint density at radius 3 is 2.81 bits per heavy atom. The van der Waals surface area contributed by atoms with Crippen molar-refractivity contribution in [2.24, 2.45) is 0 Å². The van der Waals surface area contributed by atoms with E-state index in [0.29, 0.717) is 12.8 Å². The van der Waals surface area contributed by atoms with Crippen molar-refractivity contribution in [1.29, 1.82) is 0 Å². The number of amides is 1. The lowest BCUT2D eigenvalue weighted by atomic mass is 9.88. The van der Waals surface area contributed by atoms with Crippen LogP contribution in [0.3, 0.4) is 0 Å². The van der Waals surface area contributed by atoms with Crippen molar-refractivity contribution in [3.63, 3.8) is 0 Å². The van der Waals surface area contributed by atoms with Gasteiger partial charge in [-0.1, -0.05) is 0 Å². The van der Waals surface area contributed by atoms with E-state index in [1.807, 2.05) is 13.8 Å². The zero-order valence-corrected chi connectivity index (χ0v) is 12.5. The van der Waals surface area contributed by atoms with Crippen LogP contribution in [-0.4, -0.2) is 54.7 Å². The Hall–Kier alpha value is -1.18. The van der Waals surface area contributed by atoms with E-state index in [2.05, 4.69) is 5.32 Å². The highest BCUT2D eigenvalue weighted by molar-refractivity contribution is 5.77. The van der Waals surface area contributed by atoms with Crippen molar-refractivity contribution >= 4 is 11.9 Å². The number of esters is 1. The molecule has 7 heteroatoms. The minimum Gasteiger partial charge on any atom is -0.463 e. The van der Waals surface area contributed by atoms with Crippen molar-refractivity contribution in [2.75, 3.05) is 6.61 Å². The van der Waals surface area contributed by atoms with Gasteiger partial charge < -0.3 is 24.3 Å². The first-order valence-corrected chi connectivity index (χ1v) is 7.29. The third-order valence-electron chi connectivity index (χ3n) is 4.07. The second-order valence-corrected chi connectivity index (χ2v) is 6.21. The van der Waals surface area contributed by atoms with Crippen LogP contribution in [0.15, 0.2) is 0 Å². The smallest absolute Gasteiger partial charge is 0.302 e. The van der Waals surface area contributed by atoms with E-state index >= 15 is 0 Å². The first kappa shape index (κ1) is 14.7. The Kier molecular flexibility index (Phi) is 3.67. The molecule has 0 spiro atoms. The Labute approximate surface area is 123 Å². The van der Waals surface area contributed by atoms with Crippen LogP contribution in [0.5, 0.6) is 0 Å². The third-order valence-corrected chi connectivity index (χ3v) is 4.07. The summed E-state index contributed by atoms with van der Waals surface area (Å²) in [7, 11) is 0. The number of fused-ring (bicyclic) bond motifs is 3. The number of rotatable bonds is 2. The van der Waals surface area contributed by atoms with E-state index in [4.69, 9.17) is 18.9 Å². The van der Waals surface area contributed by atoms with Gasteiger partial charge >= 0.3 is 5.97 Å². The molecule has 3 fully saturated rings. The molecule has 0 aliphatic carbocycles. The molecule has 0 saturated carbocycles. The molecule has 1 amide bonds. The van der Waals surface area contributed by atoms with Crippen LogP contribution in [0, 0.1) is 0 Å². The zero-order valence-electron chi connectivity index (χ0n) is 12.5. The average molecular weight is 299 g/mol. The molecular weight excluding hydrogens is 278 g/mol. The molecule has 118 valence electrons. The highest BCUT2D eigenvalue weighted by Crippen LogP contribution is 2.39. The highest BCUT2D eigenvalue weighted by Gasteiger charge is 2.56. The molecule has 0 radical (unpaired) electrons. The Bertz CT molecular complexity index is 451. The van der Waals surface area contributed by atoms with Gasteiger partial charge in [0.15, 0.2) is 5.79 Å². The van der Waals surface area contributed by atoms with Crippen LogP contribution < -0.4 is 5.32 Å². The van der Waals surface area contributed by atoms with Gasteiger partial charge in [0.05, 0.1) is 12.1 Å². The average Bonchev–Trinajstić information content (AvgIpc) is 2.72. The van der Waals surface area contributed by atoms with Crippen LogP contribution in [-0.2, 0) is 28.5 Å². The van der Waals surface area contributed by atoms with Gasteiger partial charge in [0.1, 0.15) is 24.9 Å². The van der Waals surface area contributed by atoms with Gasteiger partial charge in [-0.2, -0.15) is 0 Å².